The summed E-state index contributed by atoms with van der Waals surface area (Å²) in [5.41, 5.74) is 23.2. The van der Waals surface area contributed by atoms with Crippen molar-refractivity contribution in [3.63, 3.8) is 0 Å². The summed E-state index contributed by atoms with van der Waals surface area (Å²) < 4.78 is 0. The molecule has 6 nitrogen and oxygen atoms in total. The van der Waals surface area contributed by atoms with Crippen LogP contribution in [0.3, 0.4) is 0 Å². The third-order valence-corrected chi connectivity index (χ3v) is 19.8. The zero-order chi connectivity index (χ0) is 68.9. The molecule has 0 spiro atoms. The Morgan fingerprint density at radius 1 is 0.180 bits per heavy atom. The van der Waals surface area contributed by atoms with E-state index in [1.165, 1.54) is 88.4 Å². The molecule has 0 heterocycles. The van der Waals surface area contributed by atoms with Gasteiger partial charge in [-0.05, 0) is 277 Å². The van der Waals surface area contributed by atoms with Crippen LogP contribution in [0.2, 0.25) is 0 Å². The highest BCUT2D eigenvalue weighted by molar-refractivity contribution is 6.24. The summed E-state index contributed by atoms with van der Waals surface area (Å²) in [5, 5.41) is 7.44. The predicted molar refractivity (Wildman–Crippen MR) is 441 cm³/mol. The molecule has 0 aliphatic rings. The van der Waals surface area contributed by atoms with E-state index in [-0.39, 0.29) is 0 Å². The Kier molecular flexibility index (Phi) is 21.2. The molecule has 0 bridgehead atoms. The second-order valence-corrected chi connectivity index (χ2v) is 25.7. The average molecular weight is 1310 g/mol. The lowest BCUT2D eigenvalue weighted by atomic mass is 9.91. The Labute approximate surface area is 594 Å². The maximum atomic E-state index is 2.40. The first-order valence-corrected chi connectivity index (χ1v) is 36.1. The second-order valence-electron chi connectivity index (χ2n) is 25.7. The molecule has 0 aliphatic carbocycles. The molecule has 13 rings (SSSR count). The van der Waals surface area contributed by atoms with Crippen LogP contribution in [0.15, 0.2) is 267 Å². The molecule has 0 N–H and O–H groups in total. The van der Waals surface area contributed by atoms with Gasteiger partial charge in [-0.3, -0.25) is 0 Å². The Balaban J connectivity index is 0.792. The molecule has 13 aromatic carbocycles. The lowest BCUT2D eigenvalue weighted by Crippen LogP contribution is -2.21. The van der Waals surface area contributed by atoms with Gasteiger partial charge < -0.3 is 29.4 Å². The molecule has 6 heteroatoms. The summed E-state index contributed by atoms with van der Waals surface area (Å²) in [6.45, 7) is 25.6. The van der Waals surface area contributed by atoms with Gasteiger partial charge in [0.15, 0.2) is 0 Å². The fourth-order valence-corrected chi connectivity index (χ4v) is 14.1. The summed E-state index contributed by atoms with van der Waals surface area (Å²) in [4.78, 5) is 14.3. The standard InChI is InChI=1S/C94H92N6/c1-9-95(10-2)83-47-25-69(26-48-83)17-21-73-33-55-87(56-34-73)99(88-57-35-74(36-58-88)22-18-70-27-49-84(50-28-70)96(11-3)12-4)91-63-45-77(46-64-91)82-65-78-41-43-80-67-92(68-81-44-42-79(66-82)93(78)94(80)81)100(89-59-37-75(38-60-89)23-19-71-29-51-85(52-30-71)97(13-5)14-6)90-61-39-76(40-62-90)24-20-72-31-53-86(54-32-72)98(15-7)16-8/h17-68H,9-16H2,1-8H3. The molecule has 0 unspecified atom stereocenters. The van der Waals surface area contributed by atoms with E-state index in [1.54, 1.807) is 0 Å². The van der Waals surface area contributed by atoms with Crippen LogP contribution in [0.25, 0.3) is 92.1 Å². The molecule has 100 heavy (non-hydrogen) atoms. The number of hydrogen-bond acceptors (Lipinski definition) is 6. The molecular weight excluding hydrogens is 1210 g/mol. The van der Waals surface area contributed by atoms with Crippen molar-refractivity contribution in [3.8, 4) is 11.1 Å². The summed E-state index contributed by atoms with van der Waals surface area (Å²) in [6.07, 6.45) is 17.7. The minimum Gasteiger partial charge on any atom is -0.372 e. The first kappa shape index (κ1) is 67.2. The number of nitrogens with zero attached hydrogens (tertiary/aromatic N) is 6. The molecular formula is C94H92N6. The van der Waals surface area contributed by atoms with E-state index in [2.05, 4.69) is 400 Å². The fourth-order valence-electron chi connectivity index (χ4n) is 14.1. The van der Waals surface area contributed by atoms with E-state index >= 15 is 0 Å². The maximum Gasteiger partial charge on any atom is 0.0473 e. The molecule has 0 saturated carbocycles. The van der Waals surface area contributed by atoms with Crippen molar-refractivity contribution >= 4 is 138 Å². The summed E-state index contributed by atoms with van der Waals surface area (Å²) >= 11 is 0. The average Bonchev–Trinajstić information content (AvgIpc) is 0.732. The van der Waals surface area contributed by atoms with E-state index in [0.29, 0.717) is 0 Å². The summed E-state index contributed by atoms with van der Waals surface area (Å²) in [7, 11) is 0. The van der Waals surface area contributed by atoms with E-state index in [0.717, 1.165) is 109 Å². The predicted octanol–water partition coefficient (Wildman–Crippen LogP) is 25.3. The van der Waals surface area contributed by atoms with Crippen LogP contribution in [0.1, 0.15) is 99.9 Å². The van der Waals surface area contributed by atoms with Crippen molar-refractivity contribution in [3.05, 3.63) is 311 Å². The van der Waals surface area contributed by atoms with E-state index in [9.17, 15) is 0 Å². The second kappa shape index (κ2) is 31.5. The third kappa shape index (κ3) is 15.2. The summed E-state index contributed by atoms with van der Waals surface area (Å²) in [5.74, 6) is 0. The van der Waals surface area contributed by atoms with Crippen molar-refractivity contribution in [2.45, 2.75) is 55.4 Å². The first-order valence-electron chi connectivity index (χ1n) is 36.1. The van der Waals surface area contributed by atoms with Gasteiger partial charge in [-0.25, -0.2) is 0 Å². The van der Waals surface area contributed by atoms with Crippen LogP contribution in [0.5, 0.6) is 0 Å². The van der Waals surface area contributed by atoms with Gasteiger partial charge >= 0.3 is 0 Å². The third-order valence-electron chi connectivity index (χ3n) is 19.8. The van der Waals surface area contributed by atoms with Crippen molar-refractivity contribution in [2.75, 3.05) is 81.8 Å². The van der Waals surface area contributed by atoms with Gasteiger partial charge in [0.05, 0.1) is 0 Å². The van der Waals surface area contributed by atoms with E-state index in [1.807, 2.05) is 0 Å². The Bertz CT molecular complexity index is 4630. The fraction of sp³-hybridized carbons (Fsp3) is 0.170. The van der Waals surface area contributed by atoms with E-state index < -0.39 is 0 Å². The zero-order valence-corrected chi connectivity index (χ0v) is 59.4. The smallest absolute Gasteiger partial charge is 0.0473 e. The first-order chi connectivity index (χ1) is 49.1. The lowest BCUT2D eigenvalue weighted by molar-refractivity contribution is 0.866. The van der Waals surface area contributed by atoms with Crippen LogP contribution in [0.4, 0.5) is 56.9 Å². The van der Waals surface area contributed by atoms with Crippen molar-refractivity contribution in [1.82, 2.24) is 0 Å². The number of rotatable bonds is 27. The number of benzene rings is 13. The Morgan fingerprint density at radius 3 is 0.570 bits per heavy atom. The van der Waals surface area contributed by atoms with Crippen LogP contribution >= 0.6 is 0 Å². The van der Waals surface area contributed by atoms with Gasteiger partial charge in [0, 0.05) is 109 Å². The zero-order valence-electron chi connectivity index (χ0n) is 59.4. The van der Waals surface area contributed by atoms with Gasteiger partial charge in [0.2, 0.25) is 0 Å². The van der Waals surface area contributed by atoms with Crippen LogP contribution in [0, 0.1) is 0 Å². The van der Waals surface area contributed by atoms with Gasteiger partial charge in [-0.2, -0.15) is 0 Å². The highest BCUT2D eigenvalue weighted by Gasteiger charge is 2.19. The van der Waals surface area contributed by atoms with Crippen LogP contribution in [-0.2, 0) is 0 Å². The maximum absolute atomic E-state index is 2.40. The van der Waals surface area contributed by atoms with Gasteiger partial charge in [0.1, 0.15) is 0 Å². The SMILES string of the molecule is CCN(CC)c1ccc(C=Cc2ccc(N(c3ccc(C=Cc4ccc(N(CC)CC)cc4)cc3)c3ccc(-c4cc5ccc6cc(N(c7ccc(C=Cc8ccc(N(CC)CC)cc8)cc7)c7ccc(C=Cc8ccc(N(CC)CC)cc8)cc7)cc7ccc(c4)c5c67)cc3)cc2)cc1. The van der Waals surface area contributed by atoms with Crippen LogP contribution < -0.4 is 29.4 Å². The molecule has 13 aromatic rings. The molecule has 0 radical (unpaired) electrons. The highest BCUT2D eigenvalue weighted by Crippen LogP contribution is 2.44. The molecule has 498 valence electrons. The minimum absolute atomic E-state index is 0.994. The largest absolute Gasteiger partial charge is 0.372 e. The Hall–Kier alpha value is -11.3. The Morgan fingerprint density at radius 2 is 0.360 bits per heavy atom. The molecule has 0 atom stereocenters. The number of hydrogen-bond donors (Lipinski definition) is 0. The highest BCUT2D eigenvalue weighted by atomic mass is 15.2. The lowest BCUT2D eigenvalue weighted by Gasteiger charge is -2.27. The van der Waals surface area contributed by atoms with Crippen molar-refractivity contribution in [2.24, 2.45) is 0 Å². The summed E-state index contributed by atoms with van der Waals surface area (Å²) in [6, 6.07) is 99.1. The molecule has 0 fully saturated rings. The normalized spacial score (nSPS) is 11.8. The minimum atomic E-state index is 0.994. The van der Waals surface area contributed by atoms with Crippen molar-refractivity contribution in [1.29, 1.82) is 0 Å². The van der Waals surface area contributed by atoms with Gasteiger partial charge in [-0.15, -0.1) is 0 Å². The van der Waals surface area contributed by atoms with Gasteiger partial charge in [-0.1, -0.05) is 182 Å². The monoisotopic (exact) mass is 1300 g/mol. The number of anilines is 10. The molecule has 0 amide bonds. The molecule has 0 aromatic heterocycles. The topological polar surface area (TPSA) is 19.4 Å². The van der Waals surface area contributed by atoms with Gasteiger partial charge in [0.25, 0.3) is 0 Å². The molecule has 0 aliphatic heterocycles. The quantitative estimate of drug-likeness (QED) is 0.0375. The van der Waals surface area contributed by atoms with E-state index in [4.69, 9.17) is 0 Å². The van der Waals surface area contributed by atoms with Crippen molar-refractivity contribution < 1.29 is 0 Å². The molecule has 0 saturated heterocycles. The van der Waals surface area contributed by atoms with Crippen LogP contribution in [-0.4, -0.2) is 52.4 Å².